The number of nitrogens with one attached hydrogen (secondary N) is 2. The fraction of sp³-hybridized carbons (Fsp3) is 0.167. The lowest BCUT2D eigenvalue weighted by Crippen LogP contribution is -2.10. The lowest BCUT2D eigenvalue weighted by Gasteiger charge is -2.09. The molecule has 0 saturated carbocycles. The number of nitrogens with zero attached hydrogens (tertiary/aromatic N) is 3. The Morgan fingerprint density at radius 3 is 3.05 bits per heavy atom. The van der Waals surface area contributed by atoms with Crippen molar-refractivity contribution in [3.63, 3.8) is 0 Å². The molecule has 3 rings (SSSR count). The summed E-state index contributed by atoms with van der Waals surface area (Å²) in [6.45, 7) is 2.41. The maximum Gasteiger partial charge on any atom is 0.281 e. The summed E-state index contributed by atoms with van der Waals surface area (Å²) >= 11 is 3.39. The smallest absolute Gasteiger partial charge is 0.281 e. The van der Waals surface area contributed by atoms with Crippen LogP contribution in [0.15, 0.2) is 27.5 Å². The molecule has 0 atom stereocenters. The Morgan fingerprint density at radius 1 is 1.40 bits per heavy atom. The summed E-state index contributed by atoms with van der Waals surface area (Å²) < 4.78 is 6.46. The van der Waals surface area contributed by atoms with E-state index in [4.69, 9.17) is 4.74 Å². The van der Waals surface area contributed by atoms with Gasteiger partial charge >= 0.3 is 0 Å². The summed E-state index contributed by atoms with van der Waals surface area (Å²) in [7, 11) is 0. The van der Waals surface area contributed by atoms with Gasteiger partial charge in [-0.15, -0.1) is 5.10 Å². The van der Waals surface area contributed by atoms with Gasteiger partial charge in [-0.3, -0.25) is 4.79 Å². The van der Waals surface area contributed by atoms with Crippen molar-refractivity contribution in [3.8, 4) is 17.1 Å². The van der Waals surface area contributed by atoms with Crippen LogP contribution < -0.4 is 10.3 Å². The van der Waals surface area contributed by atoms with Gasteiger partial charge < -0.3 is 9.72 Å². The molecule has 20 heavy (non-hydrogen) atoms. The molecule has 3 aromatic rings. The topological polar surface area (TPSA) is 96.5 Å². The highest BCUT2D eigenvalue weighted by atomic mass is 79.9. The molecule has 0 aliphatic heterocycles. The summed E-state index contributed by atoms with van der Waals surface area (Å²) in [4.78, 5) is 18.9. The van der Waals surface area contributed by atoms with Gasteiger partial charge in [0, 0.05) is 4.47 Å². The van der Waals surface area contributed by atoms with E-state index in [0.717, 1.165) is 4.47 Å². The first-order valence-electron chi connectivity index (χ1n) is 5.93. The van der Waals surface area contributed by atoms with Crippen molar-refractivity contribution in [2.45, 2.75) is 6.92 Å². The molecule has 0 spiro atoms. The van der Waals surface area contributed by atoms with E-state index in [1.54, 1.807) is 0 Å². The summed E-state index contributed by atoms with van der Waals surface area (Å²) in [6.07, 6.45) is 0. The maximum atomic E-state index is 11.9. The van der Waals surface area contributed by atoms with E-state index >= 15 is 0 Å². The standard InChI is InChI=1S/C12H10BrN5O2/c1-2-20-8-5-6(13)3-4-7(8)10-14-11-9(12(19)15-10)16-18-17-11/h3-5H,2H2,1H3,(H2,14,15,16,17,18,19). The van der Waals surface area contributed by atoms with Crippen LogP contribution in [0.2, 0.25) is 0 Å². The molecular formula is C12H10BrN5O2. The minimum Gasteiger partial charge on any atom is -0.493 e. The second-order valence-electron chi connectivity index (χ2n) is 4.00. The highest BCUT2D eigenvalue weighted by Crippen LogP contribution is 2.30. The number of H-pyrrole nitrogens is 2. The van der Waals surface area contributed by atoms with Crippen molar-refractivity contribution in [1.29, 1.82) is 0 Å². The molecule has 0 aliphatic carbocycles. The van der Waals surface area contributed by atoms with E-state index in [9.17, 15) is 4.79 Å². The molecule has 0 fully saturated rings. The van der Waals surface area contributed by atoms with Crippen LogP contribution in [-0.2, 0) is 0 Å². The summed E-state index contributed by atoms with van der Waals surface area (Å²) in [6, 6.07) is 5.50. The molecular weight excluding hydrogens is 326 g/mol. The van der Waals surface area contributed by atoms with Crippen molar-refractivity contribution in [3.05, 3.63) is 33.0 Å². The van der Waals surface area contributed by atoms with Gasteiger partial charge in [-0.2, -0.15) is 0 Å². The van der Waals surface area contributed by atoms with E-state index < -0.39 is 0 Å². The van der Waals surface area contributed by atoms with Gasteiger partial charge in [-0.1, -0.05) is 21.1 Å². The van der Waals surface area contributed by atoms with Gasteiger partial charge in [0.15, 0.2) is 11.2 Å². The van der Waals surface area contributed by atoms with Crippen LogP contribution in [0.25, 0.3) is 22.6 Å². The molecule has 0 aliphatic rings. The number of aromatic amines is 2. The van der Waals surface area contributed by atoms with Gasteiger partial charge in [-0.25, -0.2) is 10.1 Å². The fourth-order valence-corrected chi connectivity index (χ4v) is 2.19. The summed E-state index contributed by atoms with van der Waals surface area (Å²) in [5.41, 5.74) is 0.880. The maximum absolute atomic E-state index is 11.9. The molecule has 1 aromatic carbocycles. The predicted molar refractivity (Wildman–Crippen MR) is 76.6 cm³/mol. The minimum atomic E-state index is -0.343. The van der Waals surface area contributed by atoms with Crippen LogP contribution in [0, 0.1) is 0 Å². The SMILES string of the molecule is CCOc1cc(Br)ccc1-c1nc2[nH]nnc2c(=O)[nH]1. The second-order valence-corrected chi connectivity index (χ2v) is 4.91. The lowest BCUT2D eigenvalue weighted by atomic mass is 10.2. The predicted octanol–water partition coefficient (Wildman–Crippen LogP) is 1.87. The summed E-state index contributed by atoms with van der Waals surface area (Å²) in [5, 5.41) is 9.84. The Hall–Kier alpha value is -2.22. The average molecular weight is 336 g/mol. The van der Waals surface area contributed by atoms with Crippen LogP contribution in [0.3, 0.4) is 0 Å². The van der Waals surface area contributed by atoms with E-state index in [2.05, 4.69) is 41.3 Å². The zero-order valence-corrected chi connectivity index (χ0v) is 12.1. The van der Waals surface area contributed by atoms with E-state index in [0.29, 0.717) is 29.4 Å². The Balaban J connectivity index is 2.22. The minimum absolute atomic E-state index is 0.184. The molecule has 7 nitrogen and oxygen atoms in total. The van der Waals surface area contributed by atoms with Crippen LogP contribution in [-0.4, -0.2) is 32.0 Å². The number of halogens is 1. The highest BCUT2D eigenvalue weighted by Gasteiger charge is 2.13. The Labute approximate surface area is 121 Å². The molecule has 0 bridgehead atoms. The lowest BCUT2D eigenvalue weighted by molar-refractivity contribution is 0.341. The van der Waals surface area contributed by atoms with Gasteiger partial charge in [0.1, 0.15) is 11.6 Å². The van der Waals surface area contributed by atoms with Crippen molar-refractivity contribution in [2.75, 3.05) is 6.61 Å². The van der Waals surface area contributed by atoms with Crippen molar-refractivity contribution < 1.29 is 4.74 Å². The van der Waals surface area contributed by atoms with Gasteiger partial charge in [-0.05, 0) is 25.1 Å². The van der Waals surface area contributed by atoms with Crippen molar-refractivity contribution >= 4 is 27.1 Å². The largest absolute Gasteiger partial charge is 0.493 e. The van der Waals surface area contributed by atoms with Crippen LogP contribution >= 0.6 is 15.9 Å². The van der Waals surface area contributed by atoms with Crippen LogP contribution in [0.5, 0.6) is 5.75 Å². The molecule has 2 aromatic heterocycles. The molecule has 102 valence electrons. The first kappa shape index (κ1) is 12.8. The second kappa shape index (κ2) is 5.04. The van der Waals surface area contributed by atoms with Gasteiger partial charge in [0.05, 0.1) is 12.2 Å². The number of benzene rings is 1. The van der Waals surface area contributed by atoms with Crippen molar-refractivity contribution in [1.82, 2.24) is 25.4 Å². The number of fused-ring (bicyclic) bond motifs is 1. The average Bonchev–Trinajstić information content (AvgIpc) is 2.88. The molecule has 0 saturated heterocycles. The zero-order chi connectivity index (χ0) is 14.1. The highest BCUT2D eigenvalue weighted by molar-refractivity contribution is 9.10. The number of hydrogen-bond donors (Lipinski definition) is 2. The number of hydrogen-bond acceptors (Lipinski definition) is 5. The molecule has 8 heteroatoms. The molecule has 0 radical (unpaired) electrons. The molecule has 0 amide bonds. The third-order valence-corrected chi connectivity index (χ3v) is 3.19. The molecule has 0 unspecified atom stereocenters. The van der Waals surface area contributed by atoms with Gasteiger partial charge in [0.25, 0.3) is 5.56 Å². The third kappa shape index (κ3) is 2.18. The van der Waals surface area contributed by atoms with E-state index in [1.165, 1.54) is 0 Å². The Kier molecular flexibility index (Phi) is 3.23. The first-order chi connectivity index (χ1) is 9.69. The number of rotatable bonds is 3. The fourth-order valence-electron chi connectivity index (χ4n) is 1.85. The Bertz CT molecular complexity index is 826. The number of ether oxygens (including phenoxy) is 1. The van der Waals surface area contributed by atoms with Crippen LogP contribution in [0.1, 0.15) is 6.92 Å². The molecule has 2 heterocycles. The summed E-state index contributed by atoms with van der Waals surface area (Å²) in [5.74, 6) is 1.04. The Morgan fingerprint density at radius 2 is 2.25 bits per heavy atom. The first-order valence-corrected chi connectivity index (χ1v) is 6.72. The van der Waals surface area contributed by atoms with Gasteiger partial charge in [0.2, 0.25) is 0 Å². The van der Waals surface area contributed by atoms with E-state index in [1.807, 2.05) is 25.1 Å². The van der Waals surface area contributed by atoms with Crippen LogP contribution in [0.4, 0.5) is 0 Å². The quantitative estimate of drug-likeness (QED) is 0.761. The monoisotopic (exact) mass is 335 g/mol. The van der Waals surface area contributed by atoms with E-state index in [-0.39, 0.29) is 11.1 Å². The number of aromatic nitrogens is 5. The van der Waals surface area contributed by atoms with Crippen molar-refractivity contribution in [2.24, 2.45) is 0 Å². The normalized spacial score (nSPS) is 10.9. The zero-order valence-electron chi connectivity index (χ0n) is 10.5. The third-order valence-electron chi connectivity index (χ3n) is 2.70. The molecule has 2 N–H and O–H groups in total.